The Balaban J connectivity index is 2.06. The molecule has 1 aromatic heterocycles. The van der Waals surface area contributed by atoms with E-state index in [1.165, 1.54) is 6.26 Å². The molecule has 0 radical (unpaired) electrons. The van der Waals surface area contributed by atoms with E-state index in [9.17, 15) is 13.7 Å². The number of halogens is 1. The topological polar surface area (TPSA) is 62.9 Å². The summed E-state index contributed by atoms with van der Waals surface area (Å²) in [4.78, 5) is 0. The molecule has 6 heteroatoms. The van der Waals surface area contributed by atoms with Gasteiger partial charge in [0.1, 0.15) is 9.84 Å². The van der Waals surface area contributed by atoms with Crippen LogP contribution in [0.1, 0.15) is 36.4 Å². The molecule has 2 aromatic rings. The van der Waals surface area contributed by atoms with Gasteiger partial charge in [-0.05, 0) is 59.8 Å². The van der Waals surface area contributed by atoms with Crippen LogP contribution in [-0.4, -0.2) is 24.5 Å². The molecule has 1 aliphatic rings. The quantitative estimate of drug-likeness (QED) is 0.797. The Hall–Kier alpha value is -1.32. The molecule has 1 fully saturated rings. The highest BCUT2D eigenvalue weighted by molar-refractivity contribution is 9.10. The van der Waals surface area contributed by atoms with Crippen molar-refractivity contribution in [3.8, 4) is 6.07 Å². The van der Waals surface area contributed by atoms with Crippen LogP contribution in [0.25, 0.3) is 10.9 Å². The molecule has 22 heavy (non-hydrogen) atoms. The average molecular weight is 381 g/mol. The highest BCUT2D eigenvalue weighted by Crippen LogP contribution is 2.39. The molecular formula is C16H17BrN2O2S. The molecule has 0 N–H and O–H groups in total. The van der Waals surface area contributed by atoms with E-state index in [0.717, 1.165) is 33.8 Å². The molecule has 0 saturated heterocycles. The highest BCUT2D eigenvalue weighted by Gasteiger charge is 2.33. The van der Waals surface area contributed by atoms with Gasteiger partial charge in [-0.15, -0.1) is 0 Å². The van der Waals surface area contributed by atoms with Crippen molar-refractivity contribution >= 4 is 36.7 Å². The Bertz CT molecular complexity index is 893. The molecule has 1 heterocycles. The number of rotatable bonds is 2. The van der Waals surface area contributed by atoms with Crippen molar-refractivity contribution in [3.63, 3.8) is 0 Å². The zero-order valence-electron chi connectivity index (χ0n) is 12.5. The zero-order valence-corrected chi connectivity index (χ0v) is 14.9. The van der Waals surface area contributed by atoms with Gasteiger partial charge in [-0.2, -0.15) is 5.26 Å². The molecule has 1 saturated carbocycles. The summed E-state index contributed by atoms with van der Waals surface area (Å²) in [5.41, 5.74) is 2.67. The van der Waals surface area contributed by atoms with Crippen LogP contribution in [0.15, 0.2) is 22.8 Å². The molecular weight excluding hydrogens is 364 g/mol. The predicted molar refractivity (Wildman–Crippen MR) is 90.6 cm³/mol. The number of aryl methyl sites for hydroxylation is 1. The van der Waals surface area contributed by atoms with Gasteiger partial charge in [0.2, 0.25) is 0 Å². The summed E-state index contributed by atoms with van der Waals surface area (Å²) in [6.45, 7) is 1.93. The summed E-state index contributed by atoms with van der Waals surface area (Å²) < 4.78 is 26.6. The molecule has 0 aliphatic heterocycles. The number of aromatic nitrogens is 1. The third-order valence-electron chi connectivity index (χ3n) is 4.61. The number of hydrogen-bond acceptors (Lipinski definition) is 3. The van der Waals surface area contributed by atoms with Crippen molar-refractivity contribution in [1.29, 1.82) is 5.26 Å². The summed E-state index contributed by atoms with van der Waals surface area (Å²) in [6.07, 6.45) is 5.59. The molecule has 0 unspecified atom stereocenters. The van der Waals surface area contributed by atoms with E-state index < -0.39 is 9.84 Å². The van der Waals surface area contributed by atoms with Crippen molar-refractivity contribution < 1.29 is 8.42 Å². The Kier molecular flexibility index (Phi) is 3.82. The summed E-state index contributed by atoms with van der Waals surface area (Å²) in [7, 11) is -2.98. The number of benzene rings is 1. The van der Waals surface area contributed by atoms with Crippen molar-refractivity contribution in [2.75, 3.05) is 6.26 Å². The van der Waals surface area contributed by atoms with Crippen LogP contribution in [0, 0.1) is 18.3 Å². The third kappa shape index (κ3) is 2.57. The lowest BCUT2D eigenvalue weighted by molar-refractivity contribution is 0.531. The van der Waals surface area contributed by atoms with Gasteiger partial charge < -0.3 is 4.57 Å². The first-order chi connectivity index (χ1) is 10.3. The van der Waals surface area contributed by atoms with Gasteiger partial charge >= 0.3 is 0 Å². The van der Waals surface area contributed by atoms with Gasteiger partial charge in [0, 0.05) is 33.9 Å². The fourth-order valence-electron chi connectivity index (χ4n) is 3.34. The lowest BCUT2D eigenvalue weighted by atomic mass is 10.1. The van der Waals surface area contributed by atoms with Gasteiger partial charge in [-0.25, -0.2) is 8.42 Å². The Morgan fingerprint density at radius 2 is 2.09 bits per heavy atom. The molecule has 116 valence electrons. The van der Waals surface area contributed by atoms with Crippen LogP contribution in [-0.2, 0) is 9.84 Å². The standard InChI is InChI=1S/C16H17BrN2O2S/c1-10-5-16-14(6-11(10)8-18)15(17)9-19(16)12-3-4-13(7-12)22(2,20)21/h5-6,9,12-13H,3-4,7H2,1-2H3/t12-,13+/m1/s1. The minimum Gasteiger partial charge on any atom is -0.343 e. The molecule has 0 spiro atoms. The molecule has 0 bridgehead atoms. The van der Waals surface area contributed by atoms with Gasteiger partial charge in [0.05, 0.1) is 16.9 Å². The molecule has 4 nitrogen and oxygen atoms in total. The normalized spacial score (nSPS) is 22.1. The van der Waals surface area contributed by atoms with Gasteiger partial charge in [-0.1, -0.05) is 0 Å². The highest BCUT2D eigenvalue weighted by atomic mass is 79.9. The Labute approximate surface area is 138 Å². The largest absolute Gasteiger partial charge is 0.343 e. The molecule has 3 rings (SSSR count). The third-order valence-corrected chi connectivity index (χ3v) is 6.88. The number of nitriles is 1. The molecule has 1 aromatic carbocycles. The molecule has 0 amide bonds. The summed E-state index contributed by atoms with van der Waals surface area (Å²) in [5, 5.41) is 9.93. The number of hydrogen-bond donors (Lipinski definition) is 0. The monoisotopic (exact) mass is 380 g/mol. The van der Waals surface area contributed by atoms with Crippen molar-refractivity contribution in [2.24, 2.45) is 0 Å². The first-order valence-electron chi connectivity index (χ1n) is 7.21. The second kappa shape index (κ2) is 5.39. The lowest BCUT2D eigenvalue weighted by Crippen LogP contribution is -2.16. The first kappa shape index (κ1) is 15.6. The van der Waals surface area contributed by atoms with E-state index >= 15 is 0 Å². The second-order valence-corrected chi connectivity index (χ2v) is 9.28. The van der Waals surface area contributed by atoms with Gasteiger partial charge in [-0.3, -0.25) is 0 Å². The molecule has 1 aliphatic carbocycles. The van der Waals surface area contributed by atoms with Crippen molar-refractivity contribution in [2.45, 2.75) is 37.5 Å². The van der Waals surface area contributed by atoms with E-state index in [2.05, 4.69) is 26.6 Å². The van der Waals surface area contributed by atoms with Crippen molar-refractivity contribution in [1.82, 2.24) is 4.57 Å². The summed E-state index contributed by atoms with van der Waals surface area (Å²) >= 11 is 3.56. The minimum atomic E-state index is -2.98. The van der Waals surface area contributed by atoms with E-state index in [4.69, 9.17) is 0 Å². The fourth-order valence-corrected chi connectivity index (χ4v) is 5.01. The van der Waals surface area contributed by atoms with E-state index in [-0.39, 0.29) is 11.3 Å². The van der Waals surface area contributed by atoms with Gasteiger partial charge in [0.15, 0.2) is 0 Å². The van der Waals surface area contributed by atoms with E-state index in [0.29, 0.717) is 12.0 Å². The fraction of sp³-hybridized carbons (Fsp3) is 0.438. The zero-order chi connectivity index (χ0) is 16.1. The lowest BCUT2D eigenvalue weighted by Gasteiger charge is -2.15. The smallest absolute Gasteiger partial charge is 0.150 e. The predicted octanol–water partition coefficient (Wildman–Crippen LogP) is 3.72. The van der Waals surface area contributed by atoms with E-state index in [1.807, 2.05) is 25.3 Å². The summed E-state index contributed by atoms with van der Waals surface area (Å²) in [6, 6.07) is 6.32. The number of fused-ring (bicyclic) bond motifs is 1. The Morgan fingerprint density at radius 3 is 2.68 bits per heavy atom. The van der Waals surface area contributed by atoms with Crippen molar-refractivity contribution in [3.05, 3.63) is 33.9 Å². The van der Waals surface area contributed by atoms with Crippen LogP contribution in [0.5, 0.6) is 0 Å². The van der Waals surface area contributed by atoms with Crippen LogP contribution in [0.4, 0.5) is 0 Å². The maximum absolute atomic E-state index is 11.8. The van der Waals surface area contributed by atoms with Crippen LogP contribution in [0.2, 0.25) is 0 Å². The molecule has 2 atom stereocenters. The number of sulfone groups is 1. The maximum Gasteiger partial charge on any atom is 0.150 e. The summed E-state index contributed by atoms with van der Waals surface area (Å²) in [5.74, 6) is 0. The minimum absolute atomic E-state index is 0.195. The van der Waals surface area contributed by atoms with Gasteiger partial charge in [0.25, 0.3) is 0 Å². The first-order valence-corrected chi connectivity index (χ1v) is 9.95. The maximum atomic E-state index is 11.8. The van der Waals surface area contributed by atoms with E-state index in [1.54, 1.807) is 0 Å². The SMILES string of the molecule is Cc1cc2c(cc1C#N)c(Br)cn2[C@@H]1CC[C@H](S(C)(=O)=O)C1. The van der Waals surface area contributed by atoms with Crippen LogP contribution < -0.4 is 0 Å². The number of nitrogens with zero attached hydrogens (tertiary/aromatic N) is 2. The van der Waals surface area contributed by atoms with Crippen LogP contribution >= 0.6 is 15.9 Å². The Morgan fingerprint density at radius 1 is 1.36 bits per heavy atom. The second-order valence-electron chi connectivity index (χ2n) is 6.10. The average Bonchev–Trinajstić information content (AvgIpc) is 3.03. The van der Waals surface area contributed by atoms with Crippen LogP contribution in [0.3, 0.4) is 0 Å².